The molecular formula is C17H23N3. The highest BCUT2D eigenvalue weighted by Crippen LogP contribution is 2.25. The number of aryl methyl sites for hydroxylation is 1. The molecule has 1 aromatic carbocycles. The Bertz CT molecular complexity index is 586. The Morgan fingerprint density at radius 2 is 2.05 bits per heavy atom. The second kappa shape index (κ2) is 5.80. The van der Waals surface area contributed by atoms with Gasteiger partial charge in [-0.25, -0.2) is 4.98 Å². The first kappa shape index (κ1) is 13.4. The van der Waals surface area contributed by atoms with E-state index in [2.05, 4.69) is 40.7 Å². The predicted molar refractivity (Wildman–Crippen MR) is 82.2 cm³/mol. The van der Waals surface area contributed by atoms with Gasteiger partial charge < -0.3 is 10.3 Å². The molecule has 20 heavy (non-hydrogen) atoms. The van der Waals surface area contributed by atoms with Gasteiger partial charge in [0.25, 0.3) is 0 Å². The zero-order valence-electron chi connectivity index (χ0n) is 12.2. The number of nitrogens with two attached hydrogens (primary N) is 1. The number of hydrogen-bond acceptors (Lipinski definition) is 2. The van der Waals surface area contributed by atoms with E-state index in [-0.39, 0.29) is 6.04 Å². The van der Waals surface area contributed by atoms with Crippen molar-refractivity contribution >= 4 is 0 Å². The van der Waals surface area contributed by atoms with Crippen LogP contribution in [0.15, 0.2) is 30.6 Å². The Balaban J connectivity index is 1.99. The normalized spacial score (nSPS) is 15.9. The fraction of sp³-hybridized carbons (Fsp3) is 0.471. The van der Waals surface area contributed by atoms with Crippen molar-refractivity contribution in [2.45, 2.75) is 51.5 Å². The molecule has 2 aromatic rings. The lowest BCUT2D eigenvalue weighted by Crippen LogP contribution is -2.22. The van der Waals surface area contributed by atoms with Crippen LogP contribution in [0.3, 0.4) is 0 Å². The minimum Gasteiger partial charge on any atom is -0.327 e. The first-order valence-electron chi connectivity index (χ1n) is 7.68. The molecule has 3 rings (SSSR count). The van der Waals surface area contributed by atoms with Crippen molar-refractivity contribution in [2.75, 3.05) is 0 Å². The summed E-state index contributed by atoms with van der Waals surface area (Å²) in [5, 5.41) is 0. The summed E-state index contributed by atoms with van der Waals surface area (Å²) in [5.41, 5.74) is 11.4. The van der Waals surface area contributed by atoms with Crippen LogP contribution in [0.2, 0.25) is 0 Å². The van der Waals surface area contributed by atoms with E-state index < -0.39 is 0 Å². The summed E-state index contributed by atoms with van der Waals surface area (Å²) in [4.78, 5) is 4.61. The van der Waals surface area contributed by atoms with Crippen molar-refractivity contribution < 1.29 is 0 Å². The summed E-state index contributed by atoms with van der Waals surface area (Å²) < 4.78 is 2.28. The van der Waals surface area contributed by atoms with E-state index in [1.165, 1.54) is 35.5 Å². The van der Waals surface area contributed by atoms with Gasteiger partial charge in [-0.05, 0) is 50.2 Å². The predicted octanol–water partition coefficient (Wildman–Crippen LogP) is 3.03. The van der Waals surface area contributed by atoms with Crippen LogP contribution in [0.4, 0.5) is 0 Å². The minimum atomic E-state index is 0.232. The third kappa shape index (κ3) is 2.50. The average molecular weight is 269 g/mol. The van der Waals surface area contributed by atoms with Crippen molar-refractivity contribution in [1.82, 2.24) is 9.55 Å². The van der Waals surface area contributed by atoms with Gasteiger partial charge in [-0.3, -0.25) is 0 Å². The monoisotopic (exact) mass is 269 g/mol. The molecule has 0 saturated heterocycles. The van der Waals surface area contributed by atoms with Gasteiger partial charge >= 0.3 is 0 Å². The highest BCUT2D eigenvalue weighted by atomic mass is 15.1. The molecule has 1 aromatic heterocycles. The molecule has 1 aliphatic rings. The lowest BCUT2D eigenvalue weighted by Gasteiger charge is -2.18. The molecular weight excluding hydrogens is 246 g/mol. The van der Waals surface area contributed by atoms with Crippen LogP contribution in [0, 0.1) is 0 Å². The van der Waals surface area contributed by atoms with Crippen LogP contribution in [0.1, 0.15) is 43.1 Å². The third-order valence-corrected chi connectivity index (χ3v) is 4.29. The number of benzene rings is 1. The number of aromatic nitrogens is 2. The Hall–Kier alpha value is -1.61. The van der Waals surface area contributed by atoms with Gasteiger partial charge in [0.15, 0.2) is 0 Å². The van der Waals surface area contributed by atoms with E-state index in [0.717, 1.165) is 25.7 Å². The maximum atomic E-state index is 6.14. The van der Waals surface area contributed by atoms with Crippen LogP contribution < -0.4 is 5.73 Å². The maximum absolute atomic E-state index is 6.14. The SMILES string of the molecule is CCC(N)Cc1ccccc1-n1cnc2c1CCCC2. The quantitative estimate of drug-likeness (QED) is 0.927. The molecule has 3 heteroatoms. The van der Waals surface area contributed by atoms with Crippen LogP contribution in [-0.2, 0) is 19.3 Å². The first-order valence-corrected chi connectivity index (χ1v) is 7.68. The molecule has 1 heterocycles. The van der Waals surface area contributed by atoms with Gasteiger partial charge in [0.2, 0.25) is 0 Å². The molecule has 3 nitrogen and oxygen atoms in total. The lowest BCUT2D eigenvalue weighted by atomic mass is 9.99. The number of imidazole rings is 1. The average Bonchev–Trinajstić information content (AvgIpc) is 2.91. The van der Waals surface area contributed by atoms with E-state index in [1.807, 2.05) is 6.33 Å². The number of hydrogen-bond donors (Lipinski definition) is 1. The van der Waals surface area contributed by atoms with Crippen molar-refractivity contribution in [1.29, 1.82) is 0 Å². The van der Waals surface area contributed by atoms with Crippen molar-refractivity contribution in [3.05, 3.63) is 47.5 Å². The Labute approximate surface area is 120 Å². The van der Waals surface area contributed by atoms with Crippen LogP contribution >= 0.6 is 0 Å². The highest BCUT2D eigenvalue weighted by molar-refractivity contribution is 5.44. The summed E-state index contributed by atoms with van der Waals surface area (Å²) >= 11 is 0. The molecule has 2 N–H and O–H groups in total. The fourth-order valence-electron chi connectivity index (χ4n) is 3.02. The van der Waals surface area contributed by atoms with Gasteiger partial charge in [0.1, 0.15) is 0 Å². The molecule has 0 saturated carbocycles. The molecule has 0 amide bonds. The molecule has 1 atom stereocenters. The molecule has 106 valence electrons. The van der Waals surface area contributed by atoms with Gasteiger partial charge in [0, 0.05) is 11.7 Å². The summed E-state index contributed by atoms with van der Waals surface area (Å²) in [6.07, 6.45) is 8.74. The standard InChI is InChI=1S/C17H23N3/c1-2-14(18)11-13-7-3-5-9-16(13)20-12-19-15-8-4-6-10-17(15)20/h3,5,7,9,12,14H,2,4,6,8,10-11,18H2,1H3. The second-order valence-electron chi connectivity index (χ2n) is 5.72. The summed E-state index contributed by atoms with van der Waals surface area (Å²) in [7, 11) is 0. The number of fused-ring (bicyclic) bond motifs is 1. The van der Waals surface area contributed by atoms with Crippen molar-refractivity contribution in [3.63, 3.8) is 0 Å². The van der Waals surface area contributed by atoms with Gasteiger partial charge in [-0.2, -0.15) is 0 Å². The number of rotatable bonds is 4. The van der Waals surface area contributed by atoms with Crippen molar-refractivity contribution in [2.24, 2.45) is 5.73 Å². The largest absolute Gasteiger partial charge is 0.327 e. The summed E-state index contributed by atoms with van der Waals surface area (Å²) in [5.74, 6) is 0. The van der Waals surface area contributed by atoms with Gasteiger partial charge in [-0.15, -0.1) is 0 Å². The third-order valence-electron chi connectivity index (χ3n) is 4.29. The molecule has 0 fully saturated rings. The summed E-state index contributed by atoms with van der Waals surface area (Å²) in [6, 6.07) is 8.82. The minimum absolute atomic E-state index is 0.232. The molecule has 1 unspecified atom stereocenters. The molecule has 0 spiro atoms. The number of nitrogens with zero attached hydrogens (tertiary/aromatic N) is 2. The van der Waals surface area contributed by atoms with Crippen LogP contribution in [0.5, 0.6) is 0 Å². The maximum Gasteiger partial charge on any atom is 0.0997 e. The first-order chi connectivity index (χ1) is 9.79. The molecule has 0 bridgehead atoms. The van der Waals surface area contributed by atoms with Crippen LogP contribution in [0.25, 0.3) is 5.69 Å². The molecule has 0 radical (unpaired) electrons. The van der Waals surface area contributed by atoms with E-state index in [0.29, 0.717) is 0 Å². The molecule has 0 aliphatic heterocycles. The number of para-hydroxylation sites is 1. The molecule has 1 aliphatic carbocycles. The lowest BCUT2D eigenvalue weighted by molar-refractivity contribution is 0.638. The smallest absolute Gasteiger partial charge is 0.0997 e. The summed E-state index contributed by atoms with van der Waals surface area (Å²) in [6.45, 7) is 2.15. The van der Waals surface area contributed by atoms with E-state index in [1.54, 1.807) is 0 Å². The van der Waals surface area contributed by atoms with E-state index in [9.17, 15) is 0 Å². The van der Waals surface area contributed by atoms with Gasteiger partial charge in [-0.1, -0.05) is 25.1 Å². The van der Waals surface area contributed by atoms with E-state index in [4.69, 9.17) is 5.73 Å². The van der Waals surface area contributed by atoms with E-state index >= 15 is 0 Å². The Morgan fingerprint density at radius 3 is 2.90 bits per heavy atom. The van der Waals surface area contributed by atoms with Crippen LogP contribution in [-0.4, -0.2) is 15.6 Å². The topological polar surface area (TPSA) is 43.8 Å². The highest BCUT2D eigenvalue weighted by Gasteiger charge is 2.17. The second-order valence-corrected chi connectivity index (χ2v) is 5.72. The Morgan fingerprint density at radius 1 is 1.25 bits per heavy atom. The van der Waals surface area contributed by atoms with Crippen molar-refractivity contribution in [3.8, 4) is 5.69 Å². The fourth-order valence-corrected chi connectivity index (χ4v) is 3.02. The zero-order valence-corrected chi connectivity index (χ0v) is 12.2. The zero-order chi connectivity index (χ0) is 13.9. The van der Waals surface area contributed by atoms with Gasteiger partial charge in [0.05, 0.1) is 17.7 Å². The Kier molecular flexibility index (Phi) is 3.88.